The summed E-state index contributed by atoms with van der Waals surface area (Å²) in [5, 5.41) is 25.5. The quantitative estimate of drug-likeness (QED) is 0.335. The van der Waals surface area contributed by atoms with Gasteiger partial charge >= 0.3 is 0 Å². The van der Waals surface area contributed by atoms with Crippen molar-refractivity contribution in [3.63, 3.8) is 0 Å². The van der Waals surface area contributed by atoms with Gasteiger partial charge in [-0.15, -0.1) is 0 Å². The average molecular weight is 387 g/mol. The molecule has 0 bridgehead atoms. The van der Waals surface area contributed by atoms with E-state index in [9.17, 15) is 20.2 Å². The Kier molecular flexibility index (Phi) is 6.36. The number of nitrogens with zero attached hydrogens (tertiary/aromatic N) is 2. The van der Waals surface area contributed by atoms with E-state index in [1.54, 1.807) is 18.2 Å². The Balaban J connectivity index is 2.23. The first kappa shape index (κ1) is 19.8. The van der Waals surface area contributed by atoms with Crippen molar-refractivity contribution in [1.82, 2.24) is 0 Å². The molecule has 0 atom stereocenters. The summed E-state index contributed by atoms with van der Waals surface area (Å²) in [7, 11) is 1.50. The molecule has 0 radical (unpaired) electrons. The summed E-state index contributed by atoms with van der Waals surface area (Å²) < 4.78 is 5.22. The van der Waals surface area contributed by atoms with E-state index < -0.39 is 10.8 Å². The minimum absolute atomic E-state index is 0.0325. The van der Waals surface area contributed by atoms with Crippen molar-refractivity contribution in [3.05, 3.63) is 68.9 Å². The monoisotopic (exact) mass is 386 g/mol. The third kappa shape index (κ3) is 4.96. The van der Waals surface area contributed by atoms with Crippen LogP contribution in [-0.2, 0) is 4.79 Å². The zero-order valence-corrected chi connectivity index (χ0v) is 15.2. The molecular weight excluding hydrogens is 372 g/mol. The van der Waals surface area contributed by atoms with Gasteiger partial charge in [-0.1, -0.05) is 17.7 Å². The molecule has 0 spiro atoms. The number of ether oxygens (including phenoxy) is 1. The fourth-order valence-corrected chi connectivity index (χ4v) is 2.31. The fraction of sp³-hybridized carbons (Fsp3) is 0.111. The number of amides is 1. The maximum atomic E-state index is 12.3. The number of rotatable bonds is 6. The number of carbonyl (C=O) groups is 1. The number of nitriles is 1. The van der Waals surface area contributed by atoms with E-state index in [0.29, 0.717) is 11.4 Å². The number of carbonyl (C=O) groups excluding carboxylic acids is 1. The smallest absolute Gasteiger partial charge is 0.271 e. The van der Waals surface area contributed by atoms with E-state index in [-0.39, 0.29) is 22.0 Å². The van der Waals surface area contributed by atoms with Crippen LogP contribution in [0.4, 0.5) is 17.1 Å². The van der Waals surface area contributed by atoms with Gasteiger partial charge in [0.25, 0.3) is 11.6 Å². The molecule has 0 aliphatic carbocycles. The topological polar surface area (TPSA) is 117 Å². The number of nitro benzene ring substituents is 1. The highest BCUT2D eigenvalue weighted by Crippen LogP contribution is 2.28. The van der Waals surface area contributed by atoms with E-state index in [2.05, 4.69) is 10.6 Å². The molecule has 2 N–H and O–H groups in total. The average Bonchev–Trinajstić information content (AvgIpc) is 2.64. The minimum atomic E-state index is -0.765. The normalized spacial score (nSPS) is 10.7. The van der Waals surface area contributed by atoms with Gasteiger partial charge in [-0.05, 0) is 30.7 Å². The van der Waals surface area contributed by atoms with Crippen molar-refractivity contribution < 1.29 is 14.5 Å². The number of aryl methyl sites for hydroxylation is 1. The Labute approximate surface area is 160 Å². The number of non-ortho nitro benzene ring substituents is 1. The minimum Gasteiger partial charge on any atom is -0.495 e. The Hall–Kier alpha value is -3.57. The second kappa shape index (κ2) is 8.69. The number of benzene rings is 2. The van der Waals surface area contributed by atoms with Gasteiger partial charge in [0.15, 0.2) is 0 Å². The number of methoxy groups -OCH3 is 1. The van der Waals surface area contributed by atoms with Gasteiger partial charge in [0.2, 0.25) is 0 Å². The van der Waals surface area contributed by atoms with Crippen LogP contribution in [0.25, 0.3) is 0 Å². The maximum absolute atomic E-state index is 12.3. The number of nitro groups is 1. The number of halogens is 1. The summed E-state index contributed by atoms with van der Waals surface area (Å²) in [5.41, 5.74) is 1.08. The summed E-state index contributed by atoms with van der Waals surface area (Å²) in [4.78, 5) is 22.6. The van der Waals surface area contributed by atoms with E-state index in [0.717, 1.165) is 11.6 Å². The van der Waals surface area contributed by atoms with Gasteiger partial charge in [0.1, 0.15) is 17.4 Å². The maximum Gasteiger partial charge on any atom is 0.271 e. The predicted molar refractivity (Wildman–Crippen MR) is 102 cm³/mol. The first-order valence-electron chi connectivity index (χ1n) is 7.62. The van der Waals surface area contributed by atoms with Crippen LogP contribution in [0.2, 0.25) is 5.02 Å². The van der Waals surface area contributed by atoms with Crippen molar-refractivity contribution in [2.24, 2.45) is 0 Å². The lowest BCUT2D eigenvalue weighted by atomic mass is 10.2. The predicted octanol–water partition coefficient (Wildman–Crippen LogP) is 4.02. The molecular formula is C18H15ClN4O4. The molecule has 1 amide bonds. The Morgan fingerprint density at radius 1 is 1.30 bits per heavy atom. The number of anilines is 2. The van der Waals surface area contributed by atoms with Crippen LogP contribution < -0.4 is 15.4 Å². The van der Waals surface area contributed by atoms with Crippen LogP contribution in [0, 0.1) is 28.4 Å². The van der Waals surface area contributed by atoms with Crippen LogP contribution in [0.15, 0.2) is 48.2 Å². The van der Waals surface area contributed by atoms with Gasteiger partial charge in [-0.25, -0.2) is 0 Å². The van der Waals surface area contributed by atoms with E-state index in [1.807, 2.05) is 13.0 Å². The van der Waals surface area contributed by atoms with E-state index >= 15 is 0 Å². The number of nitrogens with one attached hydrogen (secondary N) is 2. The largest absolute Gasteiger partial charge is 0.495 e. The van der Waals surface area contributed by atoms with Crippen LogP contribution in [-0.4, -0.2) is 17.9 Å². The molecule has 2 aromatic carbocycles. The standard InChI is InChI=1S/C18H15ClN4O4/c1-11-3-6-17(27-2)16(7-11)21-10-12(9-20)18(24)22-15-8-13(23(25)26)4-5-14(15)19/h3-8,10,21H,1-2H3,(H,22,24)/b12-10-. The molecule has 0 aliphatic heterocycles. The lowest BCUT2D eigenvalue weighted by Gasteiger charge is -2.10. The molecule has 0 fully saturated rings. The summed E-state index contributed by atoms with van der Waals surface area (Å²) >= 11 is 5.95. The highest BCUT2D eigenvalue weighted by atomic mass is 35.5. The van der Waals surface area contributed by atoms with Crippen LogP contribution in [0.1, 0.15) is 5.56 Å². The van der Waals surface area contributed by atoms with Crippen LogP contribution in [0.5, 0.6) is 5.75 Å². The van der Waals surface area contributed by atoms with Gasteiger partial charge in [-0.2, -0.15) is 5.26 Å². The first-order valence-corrected chi connectivity index (χ1v) is 8.00. The molecule has 2 rings (SSSR count). The summed E-state index contributed by atoms with van der Waals surface area (Å²) in [5.74, 6) is -0.227. The number of hydrogen-bond acceptors (Lipinski definition) is 6. The lowest BCUT2D eigenvalue weighted by Crippen LogP contribution is -2.15. The van der Waals surface area contributed by atoms with Gasteiger partial charge in [0.05, 0.1) is 28.4 Å². The molecule has 0 aliphatic rings. The highest BCUT2D eigenvalue weighted by molar-refractivity contribution is 6.34. The van der Waals surface area contributed by atoms with Gasteiger partial charge < -0.3 is 15.4 Å². The zero-order valence-electron chi connectivity index (χ0n) is 14.4. The van der Waals surface area contributed by atoms with Gasteiger partial charge in [0, 0.05) is 18.3 Å². The Bertz CT molecular complexity index is 966. The molecule has 8 nitrogen and oxygen atoms in total. The van der Waals surface area contributed by atoms with Crippen LogP contribution in [0.3, 0.4) is 0 Å². The number of hydrogen-bond donors (Lipinski definition) is 2. The van der Waals surface area contributed by atoms with E-state index in [1.165, 1.54) is 25.4 Å². The molecule has 0 heterocycles. The van der Waals surface area contributed by atoms with Crippen LogP contribution >= 0.6 is 11.6 Å². The van der Waals surface area contributed by atoms with Crippen molar-refractivity contribution in [2.75, 3.05) is 17.7 Å². The van der Waals surface area contributed by atoms with E-state index in [4.69, 9.17) is 16.3 Å². The third-order valence-electron chi connectivity index (χ3n) is 3.50. The van der Waals surface area contributed by atoms with Crippen molar-refractivity contribution in [1.29, 1.82) is 5.26 Å². The highest BCUT2D eigenvalue weighted by Gasteiger charge is 2.15. The third-order valence-corrected chi connectivity index (χ3v) is 3.83. The summed E-state index contributed by atoms with van der Waals surface area (Å²) in [6.07, 6.45) is 1.22. The SMILES string of the molecule is COc1ccc(C)cc1N/C=C(/C#N)C(=O)Nc1cc([N+](=O)[O-])ccc1Cl. The molecule has 0 unspecified atom stereocenters. The molecule has 9 heteroatoms. The molecule has 0 saturated carbocycles. The fourth-order valence-electron chi connectivity index (χ4n) is 2.15. The molecule has 0 saturated heterocycles. The molecule has 138 valence electrons. The lowest BCUT2D eigenvalue weighted by molar-refractivity contribution is -0.384. The van der Waals surface area contributed by atoms with Crippen molar-refractivity contribution >= 4 is 34.6 Å². The molecule has 27 heavy (non-hydrogen) atoms. The second-order valence-corrected chi connectivity index (χ2v) is 5.80. The summed E-state index contributed by atoms with van der Waals surface area (Å²) in [6, 6.07) is 10.8. The van der Waals surface area contributed by atoms with Crippen molar-refractivity contribution in [2.45, 2.75) is 6.92 Å². The Morgan fingerprint density at radius 2 is 2.04 bits per heavy atom. The first-order chi connectivity index (χ1) is 12.8. The molecule has 2 aromatic rings. The summed E-state index contributed by atoms with van der Waals surface area (Å²) in [6.45, 7) is 1.89. The molecule has 0 aromatic heterocycles. The second-order valence-electron chi connectivity index (χ2n) is 5.39. The zero-order chi connectivity index (χ0) is 20.0. The van der Waals surface area contributed by atoms with Crippen molar-refractivity contribution in [3.8, 4) is 11.8 Å². The Morgan fingerprint density at radius 3 is 2.67 bits per heavy atom. The van der Waals surface area contributed by atoms with Gasteiger partial charge in [-0.3, -0.25) is 14.9 Å².